The van der Waals surface area contributed by atoms with E-state index in [0.717, 1.165) is 0 Å². The molecule has 0 amide bonds. The summed E-state index contributed by atoms with van der Waals surface area (Å²) in [6, 6.07) is 7.07. The predicted octanol–water partition coefficient (Wildman–Crippen LogP) is 2.96. The van der Waals surface area contributed by atoms with Gasteiger partial charge in [0, 0.05) is 0 Å². The van der Waals surface area contributed by atoms with Gasteiger partial charge in [0.2, 0.25) is 0 Å². The lowest BCUT2D eigenvalue weighted by Gasteiger charge is -2.19. The Balaban J connectivity index is 2.22. The van der Waals surface area contributed by atoms with Gasteiger partial charge in [-0.2, -0.15) is 0 Å². The van der Waals surface area contributed by atoms with Crippen LogP contribution in [0.2, 0.25) is 0 Å². The first kappa shape index (κ1) is 15.2. The Morgan fingerprint density at radius 1 is 1.33 bits per heavy atom. The van der Waals surface area contributed by atoms with E-state index in [9.17, 15) is 9.59 Å². The molecule has 2 rings (SSSR count). The smallest absolute Gasteiger partial charge is 0.307 e. The van der Waals surface area contributed by atoms with Crippen molar-refractivity contribution in [2.24, 2.45) is 5.41 Å². The first-order chi connectivity index (χ1) is 9.76. The molecule has 1 N–H and O–H groups in total. The number of aromatic nitrogens is 2. The molecule has 0 saturated carbocycles. The van der Waals surface area contributed by atoms with Gasteiger partial charge < -0.3 is 9.72 Å². The standard InChI is InChI=1S/C16H20N2O3/c1-10(21-13(19)9-16(2,3)4)14-17-12-8-6-5-7-11(12)15(20)18-14/h5-8,10H,9H2,1-4H3,(H,17,18,20). The average molecular weight is 288 g/mol. The lowest BCUT2D eigenvalue weighted by Crippen LogP contribution is -2.20. The number of aromatic amines is 1. The number of benzene rings is 1. The van der Waals surface area contributed by atoms with Gasteiger partial charge in [-0.25, -0.2) is 4.98 Å². The largest absolute Gasteiger partial charge is 0.454 e. The summed E-state index contributed by atoms with van der Waals surface area (Å²) in [5.41, 5.74) is 0.227. The highest BCUT2D eigenvalue weighted by Gasteiger charge is 2.21. The molecule has 0 radical (unpaired) electrons. The Morgan fingerprint density at radius 3 is 2.67 bits per heavy atom. The van der Waals surface area contributed by atoms with Crippen LogP contribution in [0, 0.1) is 5.41 Å². The van der Waals surface area contributed by atoms with Crippen molar-refractivity contribution in [3.8, 4) is 0 Å². The van der Waals surface area contributed by atoms with Gasteiger partial charge in [0.25, 0.3) is 5.56 Å². The van der Waals surface area contributed by atoms with Crippen LogP contribution in [0.1, 0.15) is 46.0 Å². The average Bonchev–Trinajstić information content (AvgIpc) is 2.36. The monoisotopic (exact) mass is 288 g/mol. The first-order valence-corrected chi connectivity index (χ1v) is 6.95. The van der Waals surface area contributed by atoms with Gasteiger partial charge in [-0.3, -0.25) is 9.59 Å². The van der Waals surface area contributed by atoms with Crippen LogP contribution in [0.3, 0.4) is 0 Å². The zero-order valence-electron chi connectivity index (χ0n) is 12.8. The normalized spacial score (nSPS) is 13.1. The van der Waals surface area contributed by atoms with Crippen molar-refractivity contribution in [3.05, 3.63) is 40.4 Å². The molecule has 2 aromatic rings. The highest BCUT2D eigenvalue weighted by atomic mass is 16.5. The van der Waals surface area contributed by atoms with Crippen LogP contribution >= 0.6 is 0 Å². The lowest BCUT2D eigenvalue weighted by molar-refractivity contribution is -0.151. The molecule has 21 heavy (non-hydrogen) atoms. The summed E-state index contributed by atoms with van der Waals surface area (Å²) in [7, 11) is 0. The van der Waals surface area contributed by atoms with Crippen molar-refractivity contribution in [2.75, 3.05) is 0 Å². The fourth-order valence-corrected chi connectivity index (χ4v) is 2.02. The maximum Gasteiger partial charge on any atom is 0.307 e. The summed E-state index contributed by atoms with van der Waals surface area (Å²) in [4.78, 5) is 30.9. The van der Waals surface area contributed by atoms with Crippen molar-refractivity contribution in [1.29, 1.82) is 0 Å². The van der Waals surface area contributed by atoms with Crippen molar-refractivity contribution < 1.29 is 9.53 Å². The summed E-state index contributed by atoms with van der Waals surface area (Å²) < 4.78 is 5.34. The summed E-state index contributed by atoms with van der Waals surface area (Å²) in [5, 5.41) is 0.523. The van der Waals surface area contributed by atoms with Crippen molar-refractivity contribution in [1.82, 2.24) is 9.97 Å². The molecule has 0 bridgehead atoms. The van der Waals surface area contributed by atoms with Gasteiger partial charge in [-0.1, -0.05) is 32.9 Å². The number of esters is 1. The molecule has 112 valence electrons. The minimum Gasteiger partial charge on any atom is -0.454 e. The molecular formula is C16H20N2O3. The van der Waals surface area contributed by atoms with Crippen LogP contribution in [0.25, 0.3) is 10.9 Å². The second-order valence-electron chi connectivity index (χ2n) is 6.34. The summed E-state index contributed by atoms with van der Waals surface area (Å²) >= 11 is 0. The Morgan fingerprint density at radius 2 is 2.00 bits per heavy atom. The van der Waals surface area contributed by atoms with Gasteiger partial charge in [0.15, 0.2) is 11.9 Å². The van der Waals surface area contributed by atoms with Crippen LogP contribution in [0.5, 0.6) is 0 Å². The number of ether oxygens (including phenoxy) is 1. The van der Waals surface area contributed by atoms with Crippen LogP contribution in [0.4, 0.5) is 0 Å². The number of hydrogen-bond donors (Lipinski definition) is 1. The van der Waals surface area contributed by atoms with E-state index in [-0.39, 0.29) is 16.9 Å². The minimum absolute atomic E-state index is 0.138. The number of rotatable bonds is 3. The molecule has 0 aliphatic rings. The van der Waals surface area contributed by atoms with E-state index in [4.69, 9.17) is 4.74 Å². The maximum atomic E-state index is 12.0. The number of nitrogens with zero attached hydrogens (tertiary/aromatic N) is 1. The van der Waals surface area contributed by atoms with E-state index < -0.39 is 6.10 Å². The fourth-order valence-electron chi connectivity index (χ4n) is 2.02. The van der Waals surface area contributed by atoms with E-state index in [1.165, 1.54) is 0 Å². The van der Waals surface area contributed by atoms with Gasteiger partial charge in [0.1, 0.15) is 0 Å². The van der Waals surface area contributed by atoms with E-state index in [2.05, 4.69) is 9.97 Å². The second-order valence-corrected chi connectivity index (χ2v) is 6.34. The SMILES string of the molecule is CC(OC(=O)CC(C)(C)C)c1nc2ccccc2c(=O)[nH]1. The zero-order valence-corrected chi connectivity index (χ0v) is 12.8. The number of hydrogen-bond acceptors (Lipinski definition) is 4. The van der Waals surface area contributed by atoms with Crippen LogP contribution in [-0.4, -0.2) is 15.9 Å². The second kappa shape index (κ2) is 5.68. The highest BCUT2D eigenvalue weighted by Crippen LogP contribution is 2.22. The number of carbonyl (C=O) groups is 1. The quantitative estimate of drug-likeness (QED) is 0.881. The van der Waals surface area contributed by atoms with E-state index >= 15 is 0 Å². The number of carbonyl (C=O) groups excluding carboxylic acids is 1. The molecule has 1 atom stereocenters. The molecule has 0 aliphatic heterocycles. The van der Waals surface area contributed by atoms with Crippen LogP contribution < -0.4 is 5.56 Å². The number of para-hydroxylation sites is 1. The maximum absolute atomic E-state index is 12.0. The van der Waals surface area contributed by atoms with Crippen molar-refractivity contribution >= 4 is 16.9 Å². The lowest BCUT2D eigenvalue weighted by atomic mass is 9.92. The third-order valence-corrected chi connectivity index (χ3v) is 3.00. The van der Waals surface area contributed by atoms with Crippen molar-refractivity contribution in [2.45, 2.75) is 40.2 Å². The van der Waals surface area contributed by atoms with E-state index in [0.29, 0.717) is 23.1 Å². The Bertz CT molecular complexity index is 713. The van der Waals surface area contributed by atoms with E-state index in [1.54, 1.807) is 25.1 Å². The molecule has 1 aromatic carbocycles. The Labute approximate surface area is 123 Å². The first-order valence-electron chi connectivity index (χ1n) is 6.95. The number of fused-ring (bicyclic) bond motifs is 1. The molecule has 1 unspecified atom stereocenters. The zero-order chi connectivity index (χ0) is 15.6. The molecule has 0 fully saturated rings. The number of H-pyrrole nitrogens is 1. The minimum atomic E-state index is -0.586. The third kappa shape index (κ3) is 3.90. The van der Waals surface area contributed by atoms with Crippen molar-refractivity contribution in [3.63, 3.8) is 0 Å². The molecule has 5 nitrogen and oxygen atoms in total. The van der Waals surface area contributed by atoms with E-state index in [1.807, 2.05) is 26.8 Å². The summed E-state index contributed by atoms with van der Waals surface area (Å²) in [6.07, 6.45) is -0.271. The van der Waals surface area contributed by atoms with Gasteiger partial charge in [-0.15, -0.1) is 0 Å². The third-order valence-electron chi connectivity index (χ3n) is 3.00. The fraction of sp³-hybridized carbons (Fsp3) is 0.438. The highest BCUT2D eigenvalue weighted by molar-refractivity contribution is 5.77. The molecule has 0 aliphatic carbocycles. The molecule has 0 saturated heterocycles. The Hall–Kier alpha value is -2.17. The van der Waals surface area contributed by atoms with Crippen LogP contribution in [-0.2, 0) is 9.53 Å². The Kier molecular flexibility index (Phi) is 4.11. The van der Waals surface area contributed by atoms with Gasteiger partial charge >= 0.3 is 5.97 Å². The molecule has 1 aromatic heterocycles. The topological polar surface area (TPSA) is 72.0 Å². The molecular weight excluding hydrogens is 268 g/mol. The molecule has 1 heterocycles. The summed E-state index contributed by atoms with van der Waals surface area (Å²) in [6.45, 7) is 7.60. The predicted molar refractivity (Wildman–Crippen MR) is 80.9 cm³/mol. The number of nitrogens with one attached hydrogen (secondary N) is 1. The van der Waals surface area contributed by atoms with Crippen LogP contribution in [0.15, 0.2) is 29.1 Å². The van der Waals surface area contributed by atoms with Gasteiger partial charge in [-0.05, 0) is 24.5 Å². The summed E-state index contributed by atoms with van der Waals surface area (Å²) in [5.74, 6) is 0.0618. The van der Waals surface area contributed by atoms with Gasteiger partial charge in [0.05, 0.1) is 17.3 Å². The molecule has 0 spiro atoms. The molecule has 5 heteroatoms.